The van der Waals surface area contributed by atoms with Crippen molar-refractivity contribution in [2.75, 3.05) is 11.5 Å². The number of hydrogen-bond donors (Lipinski definition) is 4. The lowest BCUT2D eigenvalue weighted by atomic mass is 10.0. The Kier molecular flexibility index (Phi) is 4.58. The first kappa shape index (κ1) is 17.5. The molecule has 2 aliphatic heterocycles. The van der Waals surface area contributed by atoms with Gasteiger partial charge in [-0.2, -0.15) is 0 Å². The van der Waals surface area contributed by atoms with Crippen LogP contribution in [0.3, 0.4) is 0 Å². The number of rotatable bonds is 4. The van der Waals surface area contributed by atoms with Crippen molar-refractivity contribution >= 4 is 63.3 Å². The molecule has 132 valence electrons. The molecular weight excluding hydrogens is 394 g/mol. The fourth-order valence-electron chi connectivity index (χ4n) is 2.40. The van der Waals surface area contributed by atoms with E-state index < -0.39 is 34.9 Å². The number of carboxylic acid groups (broad SMARTS) is 1. The molecule has 2 atom stereocenters. The van der Waals surface area contributed by atoms with Crippen LogP contribution in [0.2, 0.25) is 0 Å². The van der Waals surface area contributed by atoms with Gasteiger partial charge in [0.15, 0.2) is 10.8 Å². The number of oxime groups is 1. The number of aromatic nitrogens is 1. The second-order valence-corrected chi connectivity index (χ2v) is 7.39. The van der Waals surface area contributed by atoms with Crippen LogP contribution >= 0.6 is 34.7 Å². The number of hydrogen-bond acceptors (Lipinski definition) is 9. The van der Waals surface area contributed by atoms with Crippen molar-refractivity contribution in [1.29, 1.82) is 0 Å². The van der Waals surface area contributed by atoms with E-state index in [0.717, 1.165) is 16.2 Å². The number of thioether (sulfide) groups is 1. The van der Waals surface area contributed by atoms with E-state index in [0.29, 0.717) is 0 Å². The van der Waals surface area contributed by atoms with Gasteiger partial charge in [0.25, 0.3) is 11.8 Å². The standard InChI is InChI=1S/C12H10ClN5O5S2/c13-3-1-24-10-6(9(20)18(10)7(3)11(21)22)16-8(19)5(17-23)4-2-25-12(14)15-4/h2,6,10,23H,1H2,(H2,14,15)(H,16,19)(H,21,22)/t6?,10-/m0/s1. The highest BCUT2D eigenvalue weighted by Crippen LogP contribution is 2.41. The summed E-state index contributed by atoms with van der Waals surface area (Å²) in [6.45, 7) is 0. The minimum absolute atomic E-state index is 0.0578. The maximum Gasteiger partial charge on any atom is 0.353 e. The van der Waals surface area contributed by atoms with Crippen molar-refractivity contribution in [3.63, 3.8) is 0 Å². The molecule has 1 fully saturated rings. The molecule has 25 heavy (non-hydrogen) atoms. The number of aliphatic carboxylic acids is 1. The first-order valence-corrected chi connectivity index (χ1v) is 8.96. The third-order valence-corrected chi connectivity index (χ3v) is 5.92. The molecule has 2 aliphatic rings. The monoisotopic (exact) mass is 403 g/mol. The van der Waals surface area contributed by atoms with Gasteiger partial charge >= 0.3 is 5.97 Å². The van der Waals surface area contributed by atoms with Crippen molar-refractivity contribution < 1.29 is 24.7 Å². The Labute approximate surface area is 153 Å². The molecule has 0 saturated carbocycles. The quantitative estimate of drug-likeness (QED) is 0.233. The van der Waals surface area contributed by atoms with E-state index in [9.17, 15) is 19.5 Å². The Balaban J connectivity index is 1.76. The summed E-state index contributed by atoms with van der Waals surface area (Å²) in [5, 5.41) is 24.6. The van der Waals surface area contributed by atoms with Crippen molar-refractivity contribution in [3.05, 3.63) is 21.8 Å². The molecule has 0 radical (unpaired) electrons. The highest BCUT2D eigenvalue weighted by atomic mass is 35.5. The highest BCUT2D eigenvalue weighted by molar-refractivity contribution is 8.00. The van der Waals surface area contributed by atoms with Crippen molar-refractivity contribution in [3.8, 4) is 0 Å². The first-order valence-electron chi connectivity index (χ1n) is 6.66. The normalized spacial score (nSPS) is 23.2. The maximum atomic E-state index is 12.3. The number of thiazole rings is 1. The van der Waals surface area contributed by atoms with E-state index in [-0.39, 0.29) is 27.3 Å². The van der Waals surface area contributed by atoms with Gasteiger partial charge in [0.1, 0.15) is 22.8 Å². The molecule has 1 saturated heterocycles. The highest BCUT2D eigenvalue weighted by Gasteiger charge is 2.54. The number of carboxylic acids is 1. The Hall–Kier alpha value is -2.31. The molecule has 3 heterocycles. The van der Waals surface area contributed by atoms with Gasteiger partial charge in [-0.3, -0.25) is 14.5 Å². The van der Waals surface area contributed by atoms with Crippen LogP contribution in [0.15, 0.2) is 21.3 Å². The number of nitrogen functional groups attached to an aromatic ring is 1. The molecule has 1 unspecified atom stereocenters. The zero-order valence-corrected chi connectivity index (χ0v) is 14.6. The molecule has 10 nitrogen and oxygen atoms in total. The molecule has 2 amide bonds. The Bertz CT molecular complexity index is 838. The molecule has 13 heteroatoms. The Morgan fingerprint density at radius 3 is 2.80 bits per heavy atom. The summed E-state index contributed by atoms with van der Waals surface area (Å²) in [5.74, 6) is -2.56. The molecule has 3 rings (SSSR count). The predicted octanol–water partition coefficient (Wildman–Crippen LogP) is -0.161. The summed E-state index contributed by atoms with van der Waals surface area (Å²) in [6.07, 6.45) is 0. The number of carbonyl (C=O) groups is 3. The lowest BCUT2D eigenvalue weighted by Crippen LogP contribution is -2.70. The van der Waals surface area contributed by atoms with E-state index in [1.807, 2.05) is 0 Å². The van der Waals surface area contributed by atoms with Crippen LogP contribution in [0.5, 0.6) is 0 Å². The Morgan fingerprint density at radius 1 is 1.52 bits per heavy atom. The lowest BCUT2D eigenvalue weighted by Gasteiger charge is -2.48. The SMILES string of the molecule is Nc1nc(C(=NO)C(=O)NC2C(=O)N3C(C(=O)O)=C(Cl)CS[C@@H]23)cs1. The van der Waals surface area contributed by atoms with Gasteiger partial charge in [-0.15, -0.1) is 23.1 Å². The number of nitrogens with two attached hydrogens (primary N) is 1. The second kappa shape index (κ2) is 6.54. The summed E-state index contributed by atoms with van der Waals surface area (Å²) in [6, 6.07) is -0.968. The molecule has 0 bridgehead atoms. The number of nitrogens with zero attached hydrogens (tertiary/aromatic N) is 3. The minimum atomic E-state index is -1.32. The summed E-state index contributed by atoms with van der Waals surface area (Å²) < 4.78 is 0. The second-order valence-electron chi connectivity index (χ2n) is 4.94. The predicted molar refractivity (Wildman–Crippen MR) is 90.4 cm³/mol. The van der Waals surface area contributed by atoms with Crippen molar-refractivity contribution in [1.82, 2.24) is 15.2 Å². The minimum Gasteiger partial charge on any atom is -0.477 e. The van der Waals surface area contributed by atoms with Gasteiger partial charge in [0, 0.05) is 11.1 Å². The molecule has 0 aliphatic carbocycles. The van der Waals surface area contributed by atoms with Crippen molar-refractivity contribution in [2.45, 2.75) is 11.4 Å². The topological polar surface area (TPSA) is 158 Å². The van der Waals surface area contributed by atoms with E-state index in [1.165, 1.54) is 17.1 Å². The van der Waals surface area contributed by atoms with Gasteiger partial charge in [-0.1, -0.05) is 16.8 Å². The van der Waals surface area contributed by atoms with Gasteiger partial charge in [-0.25, -0.2) is 9.78 Å². The Morgan fingerprint density at radius 2 is 2.24 bits per heavy atom. The molecular formula is C12H10ClN5O5S2. The number of β-lactam (4-membered cyclic amide) rings is 1. The smallest absolute Gasteiger partial charge is 0.353 e. The average molecular weight is 404 g/mol. The lowest BCUT2D eigenvalue weighted by molar-refractivity contribution is -0.150. The molecule has 5 N–H and O–H groups in total. The van der Waals surface area contributed by atoms with Gasteiger partial charge in [0.2, 0.25) is 0 Å². The van der Waals surface area contributed by atoms with Crippen LogP contribution in [0.1, 0.15) is 5.69 Å². The number of nitrogens with one attached hydrogen (secondary N) is 1. The summed E-state index contributed by atoms with van der Waals surface area (Å²) in [7, 11) is 0. The van der Waals surface area contributed by atoms with E-state index in [4.69, 9.17) is 22.5 Å². The fourth-order valence-corrected chi connectivity index (χ4v) is 4.50. The zero-order valence-electron chi connectivity index (χ0n) is 12.2. The summed E-state index contributed by atoms with van der Waals surface area (Å²) in [4.78, 5) is 40.7. The van der Waals surface area contributed by atoms with E-state index in [1.54, 1.807) is 0 Å². The van der Waals surface area contributed by atoms with Crippen LogP contribution < -0.4 is 11.1 Å². The number of anilines is 1. The number of carbonyl (C=O) groups excluding carboxylic acids is 2. The molecule has 0 spiro atoms. The number of halogens is 1. The largest absolute Gasteiger partial charge is 0.477 e. The van der Waals surface area contributed by atoms with Crippen LogP contribution in [-0.4, -0.2) is 60.9 Å². The van der Waals surface area contributed by atoms with Crippen LogP contribution in [0.25, 0.3) is 0 Å². The van der Waals surface area contributed by atoms with Gasteiger partial charge < -0.3 is 21.4 Å². The molecule has 0 aromatic carbocycles. The average Bonchev–Trinajstić information content (AvgIpc) is 2.98. The molecule has 1 aromatic heterocycles. The van der Waals surface area contributed by atoms with Gasteiger partial charge in [-0.05, 0) is 0 Å². The van der Waals surface area contributed by atoms with Gasteiger partial charge in [0.05, 0.1) is 5.03 Å². The van der Waals surface area contributed by atoms with E-state index in [2.05, 4.69) is 15.5 Å². The van der Waals surface area contributed by atoms with Crippen LogP contribution in [-0.2, 0) is 14.4 Å². The van der Waals surface area contributed by atoms with Crippen LogP contribution in [0, 0.1) is 0 Å². The van der Waals surface area contributed by atoms with Crippen LogP contribution in [0.4, 0.5) is 5.13 Å². The van der Waals surface area contributed by atoms with Crippen molar-refractivity contribution in [2.24, 2.45) is 5.16 Å². The number of fused-ring (bicyclic) bond motifs is 1. The third-order valence-electron chi connectivity index (χ3n) is 3.49. The number of amides is 2. The fraction of sp³-hybridized carbons (Fsp3) is 0.250. The molecule has 1 aromatic rings. The van der Waals surface area contributed by atoms with E-state index >= 15 is 0 Å². The maximum absolute atomic E-state index is 12.3. The first-order chi connectivity index (χ1) is 11.8. The third kappa shape index (κ3) is 2.92. The zero-order chi connectivity index (χ0) is 18.3. The summed E-state index contributed by atoms with van der Waals surface area (Å²) >= 11 is 8.14. The summed E-state index contributed by atoms with van der Waals surface area (Å²) in [5.41, 5.74) is 4.86.